The summed E-state index contributed by atoms with van der Waals surface area (Å²) < 4.78 is 0. The minimum atomic E-state index is -0.0483. The molecule has 0 saturated carbocycles. The third-order valence-corrected chi connectivity index (χ3v) is 5.16. The third kappa shape index (κ3) is 3.14. The SMILES string of the molecule is CCC1(CC)CCN(c2cc(N)ccc2C(=O)NC)CC1. The highest BCUT2D eigenvalue weighted by atomic mass is 16.1. The molecule has 0 aromatic heterocycles. The third-order valence-electron chi connectivity index (χ3n) is 5.16. The zero-order valence-corrected chi connectivity index (χ0v) is 13.4. The Bertz CT molecular complexity index is 499. The maximum atomic E-state index is 12.0. The topological polar surface area (TPSA) is 58.4 Å². The van der Waals surface area contributed by atoms with E-state index < -0.39 is 0 Å². The van der Waals surface area contributed by atoms with Crippen molar-refractivity contribution in [1.29, 1.82) is 0 Å². The summed E-state index contributed by atoms with van der Waals surface area (Å²) in [7, 11) is 1.66. The first kappa shape index (κ1) is 15.7. The van der Waals surface area contributed by atoms with E-state index in [0.717, 1.165) is 18.8 Å². The number of benzene rings is 1. The van der Waals surface area contributed by atoms with Crippen molar-refractivity contribution in [1.82, 2.24) is 5.32 Å². The summed E-state index contributed by atoms with van der Waals surface area (Å²) in [4.78, 5) is 14.4. The van der Waals surface area contributed by atoms with Gasteiger partial charge in [0.05, 0.1) is 11.3 Å². The number of piperidine rings is 1. The zero-order valence-electron chi connectivity index (χ0n) is 13.4. The molecule has 4 nitrogen and oxygen atoms in total. The van der Waals surface area contributed by atoms with E-state index in [1.54, 1.807) is 13.1 Å². The van der Waals surface area contributed by atoms with Crippen molar-refractivity contribution in [2.45, 2.75) is 39.5 Å². The minimum absolute atomic E-state index is 0.0483. The Balaban J connectivity index is 2.23. The molecule has 21 heavy (non-hydrogen) atoms. The average molecular weight is 289 g/mol. The highest BCUT2D eigenvalue weighted by Gasteiger charge is 2.32. The smallest absolute Gasteiger partial charge is 0.253 e. The predicted molar refractivity (Wildman–Crippen MR) is 88.7 cm³/mol. The van der Waals surface area contributed by atoms with Gasteiger partial charge in [-0.05, 0) is 36.5 Å². The van der Waals surface area contributed by atoms with E-state index in [1.807, 2.05) is 12.1 Å². The van der Waals surface area contributed by atoms with Crippen LogP contribution in [0.4, 0.5) is 11.4 Å². The lowest BCUT2D eigenvalue weighted by Crippen LogP contribution is -2.40. The monoisotopic (exact) mass is 289 g/mol. The molecule has 0 aliphatic carbocycles. The van der Waals surface area contributed by atoms with Gasteiger partial charge >= 0.3 is 0 Å². The summed E-state index contributed by atoms with van der Waals surface area (Å²) in [5, 5.41) is 2.71. The van der Waals surface area contributed by atoms with E-state index >= 15 is 0 Å². The number of nitrogens with zero attached hydrogens (tertiary/aromatic N) is 1. The van der Waals surface area contributed by atoms with Gasteiger partial charge in [-0.3, -0.25) is 4.79 Å². The summed E-state index contributed by atoms with van der Waals surface area (Å²) in [6.07, 6.45) is 4.83. The summed E-state index contributed by atoms with van der Waals surface area (Å²) in [6, 6.07) is 5.54. The zero-order chi connectivity index (χ0) is 15.5. The van der Waals surface area contributed by atoms with E-state index in [9.17, 15) is 4.79 Å². The molecular weight excluding hydrogens is 262 g/mol. The Labute approximate surface area is 127 Å². The highest BCUT2D eigenvalue weighted by Crippen LogP contribution is 2.39. The summed E-state index contributed by atoms with van der Waals surface area (Å²) in [5.74, 6) is -0.0483. The first-order valence-corrected chi connectivity index (χ1v) is 7.92. The first-order chi connectivity index (χ1) is 10.0. The van der Waals surface area contributed by atoms with Crippen LogP contribution >= 0.6 is 0 Å². The number of carbonyl (C=O) groups excluding carboxylic acids is 1. The van der Waals surface area contributed by atoms with E-state index in [4.69, 9.17) is 5.73 Å². The second kappa shape index (κ2) is 6.37. The van der Waals surface area contributed by atoms with Gasteiger partial charge in [-0.1, -0.05) is 26.7 Å². The standard InChI is InChI=1S/C17H27N3O/c1-4-17(5-2)8-10-20(11-9-17)15-12-13(18)6-7-14(15)16(21)19-3/h6-7,12H,4-5,8-11,18H2,1-3H3,(H,19,21). The fourth-order valence-electron chi connectivity index (χ4n) is 3.32. The van der Waals surface area contributed by atoms with Crippen LogP contribution in [-0.2, 0) is 0 Å². The number of amides is 1. The van der Waals surface area contributed by atoms with Gasteiger partial charge < -0.3 is 16.0 Å². The maximum absolute atomic E-state index is 12.0. The van der Waals surface area contributed by atoms with Crippen LogP contribution in [0.5, 0.6) is 0 Å². The van der Waals surface area contributed by atoms with Crippen LogP contribution in [0.15, 0.2) is 18.2 Å². The molecule has 116 valence electrons. The van der Waals surface area contributed by atoms with Gasteiger partial charge in [-0.25, -0.2) is 0 Å². The Morgan fingerprint density at radius 3 is 2.43 bits per heavy atom. The Morgan fingerprint density at radius 1 is 1.29 bits per heavy atom. The normalized spacial score (nSPS) is 17.6. The van der Waals surface area contributed by atoms with Crippen molar-refractivity contribution in [3.8, 4) is 0 Å². The number of nitrogens with two attached hydrogens (primary N) is 1. The summed E-state index contributed by atoms with van der Waals surface area (Å²) >= 11 is 0. The lowest BCUT2D eigenvalue weighted by molar-refractivity contribution is 0.0963. The van der Waals surface area contributed by atoms with E-state index in [0.29, 0.717) is 16.7 Å². The van der Waals surface area contributed by atoms with E-state index in [1.165, 1.54) is 25.7 Å². The molecule has 4 heteroatoms. The number of hydrogen-bond acceptors (Lipinski definition) is 3. The van der Waals surface area contributed by atoms with E-state index in [2.05, 4.69) is 24.1 Å². The Morgan fingerprint density at radius 2 is 1.90 bits per heavy atom. The molecule has 1 fully saturated rings. The van der Waals surface area contributed by atoms with Gasteiger partial charge in [0.2, 0.25) is 0 Å². The Kier molecular flexibility index (Phi) is 4.76. The van der Waals surface area contributed by atoms with Gasteiger partial charge in [0.15, 0.2) is 0 Å². The number of rotatable bonds is 4. The number of carbonyl (C=O) groups is 1. The number of nitrogen functional groups attached to an aromatic ring is 1. The molecular formula is C17H27N3O. The molecule has 1 aromatic rings. The molecule has 1 aliphatic heterocycles. The minimum Gasteiger partial charge on any atom is -0.399 e. The molecule has 2 rings (SSSR count). The van der Waals surface area contributed by atoms with Crippen molar-refractivity contribution in [3.05, 3.63) is 23.8 Å². The molecule has 1 aliphatic rings. The molecule has 1 saturated heterocycles. The van der Waals surface area contributed by atoms with Crippen molar-refractivity contribution in [3.63, 3.8) is 0 Å². The molecule has 0 atom stereocenters. The molecule has 0 bridgehead atoms. The van der Waals surface area contributed by atoms with Crippen molar-refractivity contribution >= 4 is 17.3 Å². The quantitative estimate of drug-likeness (QED) is 0.838. The fraction of sp³-hybridized carbons (Fsp3) is 0.588. The molecule has 1 heterocycles. The fourth-order valence-corrected chi connectivity index (χ4v) is 3.32. The van der Waals surface area contributed by atoms with Crippen molar-refractivity contribution < 1.29 is 4.79 Å². The second-order valence-electron chi connectivity index (χ2n) is 6.05. The predicted octanol–water partition coefficient (Wildman–Crippen LogP) is 3.04. The lowest BCUT2D eigenvalue weighted by Gasteiger charge is -2.42. The van der Waals surface area contributed by atoms with Crippen molar-refractivity contribution in [2.24, 2.45) is 5.41 Å². The van der Waals surface area contributed by atoms with Crippen molar-refractivity contribution in [2.75, 3.05) is 30.8 Å². The number of nitrogens with one attached hydrogen (secondary N) is 1. The second-order valence-corrected chi connectivity index (χ2v) is 6.05. The summed E-state index contributed by atoms with van der Waals surface area (Å²) in [6.45, 7) is 6.56. The molecule has 3 N–H and O–H groups in total. The van der Waals surface area contributed by atoms with Crippen LogP contribution < -0.4 is 16.0 Å². The number of anilines is 2. The van der Waals surface area contributed by atoms with Crippen LogP contribution in [0.2, 0.25) is 0 Å². The molecule has 0 radical (unpaired) electrons. The average Bonchev–Trinajstić information content (AvgIpc) is 2.54. The maximum Gasteiger partial charge on any atom is 0.253 e. The Hall–Kier alpha value is -1.71. The molecule has 1 amide bonds. The van der Waals surface area contributed by atoms with Crippen LogP contribution in [0.1, 0.15) is 49.9 Å². The van der Waals surface area contributed by atoms with E-state index in [-0.39, 0.29) is 5.91 Å². The van der Waals surface area contributed by atoms with Gasteiger partial charge in [0.25, 0.3) is 5.91 Å². The largest absolute Gasteiger partial charge is 0.399 e. The van der Waals surface area contributed by atoms with Crippen LogP contribution in [-0.4, -0.2) is 26.0 Å². The van der Waals surface area contributed by atoms with Gasteiger partial charge in [-0.2, -0.15) is 0 Å². The molecule has 0 unspecified atom stereocenters. The van der Waals surface area contributed by atoms with Crippen LogP contribution in [0.25, 0.3) is 0 Å². The van der Waals surface area contributed by atoms with Gasteiger partial charge in [-0.15, -0.1) is 0 Å². The van der Waals surface area contributed by atoms with Gasteiger partial charge in [0, 0.05) is 25.8 Å². The molecule has 1 aromatic carbocycles. The van der Waals surface area contributed by atoms with Gasteiger partial charge in [0.1, 0.15) is 0 Å². The van der Waals surface area contributed by atoms with Crippen LogP contribution in [0, 0.1) is 5.41 Å². The lowest BCUT2D eigenvalue weighted by atomic mass is 9.74. The number of hydrogen-bond donors (Lipinski definition) is 2. The first-order valence-electron chi connectivity index (χ1n) is 7.92. The highest BCUT2D eigenvalue weighted by molar-refractivity contribution is 6.00. The molecule has 0 spiro atoms. The van der Waals surface area contributed by atoms with Crippen LogP contribution in [0.3, 0.4) is 0 Å². The summed E-state index contributed by atoms with van der Waals surface area (Å²) in [5.41, 5.74) is 8.79.